The number of hydrogen-bond acceptors (Lipinski definition) is 4. The van der Waals surface area contributed by atoms with Gasteiger partial charge in [-0.15, -0.1) is 0 Å². The minimum absolute atomic E-state index is 0.0556. The minimum atomic E-state index is -0.727. The molecule has 0 heterocycles. The summed E-state index contributed by atoms with van der Waals surface area (Å²) in [4.78, 5) is 3.77. The monoisotopic (exact) mass is 136 g/mol. The molecule has 4 nitrogen and oxygen atoms in total. The van der Waals surface area contributed by atoms with Crippen molar-refractivity contribution in [1.29, 1.82) is 0 Å². The fourth-order valence-corrected chi connectivity index (χ4v) is 0.297. The fraction of sp³-hybridized carbons (Fsp3) is 1.00. The normalized spacial score (nSPS) is 12.0. The Kier molecular flexibility index (Phi) is 3.72. The number of rotatable bonds is 4. The first-order chi connectivity index (χ1) is 4.18. The smallest absolute Gasteiger partial charge is 0.0917 e. The summed E-state index contributed by atoms with van der Waals surface area (Å²) >= 11 is 0. The van der Waals surface area contributed by atoms with Crippen molar-refractivity contribution in [2.45, 2.75) is 6.92 Å². The molecule has 56 valence electrons. The summed E-state index contributed by atoms with van der Waals surface area (Å²) in [5, 5.41) is 25.1. The van der Waals surface area contributed by atoms with E-state index in [9.17, 15) is 0 Å². The van der Waals surface area contributed by atoms with E-state index in [0.29, 0.717) is 0 Å². The highest BCUT2D eigenvalue weighted by molar-refractivity contribution is 4.69. The van der Waals surface area contributed by atoms with E-state index in [-0.39, 0.29) is 19.8 Å². The van der Waals surface area contributed by atoms with Crippen molar-refractivity contribution in [3.05, 3.63) is 0 Å². The third kappa shape index (κ3) is 2.76. The van der Waals surface area contributed by atoms with Crippen molar-refractivity contribution in [2.24, 2.45) is 5.41 Å². The minimum Gasteiger partial charge on any atom is -0.396 e. The first-order valence-electron chi connectivity index (χ1n) is 2.66. The van der Waals surface area contributed by atoms with E-state index in [0.717, 1.165) is 0 Å². The molecule has 0 aromatic carbocycles. The summed E-state index contributed by atoms with van der Waals surface area (Å²) in [6.45, 7) is 1.14. The third-order valence-corrected chi connectivity index (χ3v) is 1.18. The zero-order valence-corrected chi connectivity index (χ0v) is 5.37. The Labute approximate surface area is 53.6 Å². The molecule has 0 saturated heterocycles. The van der Waals surface area contributed by atoms with Crippen LogP contribution in [0.1, 0.15) is 6.92 Å². The lowest BCUT2D eigenvalue weighted by Gasteiger charge is -2.21. The van der Waals surface area contributed by atoms with Crippen LogP contribution in [0.25, 0.3) is 0 Å². The van der Waals surface area contributed by atoms with E-state index >= 15 is 0 Å². The quantitative estimate of drug-likeness (QED) is 0.359. The molecule has 9 heavy (non-hydrogen) atoms. The van der Waals surface area contributed by atoms with Crippen LogP contribution in [-0.2, 0) is 4.89 Å². The van der Waals surface area contributed by atoms with Gasteiger partial charge >= 0.3 is 0 Å². The van der Waals surface area contributed by atoms with Crippen molar-refractivity contribution < 1.29 is 20.4 Å². The molecule has 0 saturated carbocycles. The Morgan fingerprint density at radius 2 is 1.78 bits per heavy atom. The molecule has 0 bridgehead atoms. The van der Waals surface area contributed by atoms with Gasteiger partial charge in [0.25, 0.3) is 0 Å². The van der Waals surface area contributed by atoms with Gasteiger partial charge in [-0.05, 0) is 0 Å². The topological polar surface area (TPSA) is 69.9 Å². The molecule has 0 aromatic rings. The Balaban J connectivity index is 3.62. The Bertz CT molecular complexity index is 69.4. The molecule has 0 unspecified atom stereocenters. The molecule has 0 spiro atoms. The molecule has 0 fully saturated rings. The summed E-state index contributed by atoms with van der Waals surface area (Å²) < 4.78 is 0. The van der Waals surface area contributed by atoms with Crippen molar-refractivity contribution in [2.75, 3.05) is 19.8 Å². The van der Waals surface area contributed by atoms with Crippen molar-refractivity contribution in [3.8, 4) is 0 Å². The van der Waals surface area contributed by atoms with E-state index in [1.54, 1.807) is 6.92 Å². The zero-order chi connectivity index (χ0) is 7.33. The van der Waals surface area contributed by atoms with Gasteiger partial charge in [0, 0.05) is 5.41 Å². The lowest BCUT2D eigenvalue weighted by Crippen LogP contribution is -2.31. The predicted molar refractivity (Wildman–Crippen MR) is 30.9 cm³/mol. The van der Waals surface area contributed by atoms with Crippen LogP contribution in [0, 0.1) is 5.41 Å². The van der Waals surface area contributed by atoms with Crippen molar-refractivity contribution in [3.63, 3.8) is 0 Å². The van der Waals surface area contributed by atoms with Gasteiger partial charge in [-0.3, -0.25) is 5.26 Å². The van der Waals surface area contributed by atoms with Crippen molar-refractivity contribution >= 4 is 0 Å². The van der Waals surface area contributed by atoms with E-state index < -0.39 is 5.41 Å². The summed E-state index contributed by atoms with van der Waals surface area (Å²) in [5.74, 6) is 0. The van der Waals surface area contributed by atoms with Crippen LogP contribution in [-0.4, -0.2) is 35.3 Å². The molecule has 0 radical (unpaired) electrons. The van der Waals surface area contributed by atoms with Crippen LogP contribution in [0.3, 0.4) is 0 Å². The predicted octanol–water partition coefficient (Wildman–Crippen LogP) is -0.533. The highest BCUT2D eigenvalue weighted by Gasteiger charge is 2.22. The SMILES string of the molecule is CC(CO)(CO)COO. The highest BCUT2D eigenvalue weighted by atomic mass is 17.1. The Morgan fingerprint density at radius 1 is 1.33 bits per heavy atom. The van der Waals surface area contributed by atoms with E-state index in [1.807, 2.05) is 0 Å². The van der Waals surface area contributed by atoms with Gasteiger partial charge < -0.3 is 10.2 Å². The first-order valence-corrected chi connectivity index (χ1v) is 2.66. The zero-order valence-electron chi connectivity index (χ0n) is 5.37. The summed E-state index contributed by atoms with van der Waals surface area (Å²) in [6.07, 6.45) is 0. The maximum absolute atomic E-state index is 8.57. The second kappa shape index (κ2) is 3.79. The van der Waals surface area contributed by atoms with Crippen molar-refractivity contribution in [1.82, 2.24) is 0 Å². The molecule has 0 aromatic heterocycles. The van der Waals surface area contributed by atoms with Crippen LogP contribution >= 0.6 is 0 Å². The van der Waals surface area contributed by atoms with Gasteiger partial charge in [0.1, 0.15) is 0 Å². The van der Waals surface area contributed by atoms with Gasteiger partial charge in [-0.2, -0.15) is 0 Å². The second-order valence-corrected chi connectivity index (χ2v) is 2.40. The first kappa shape index (κ1) is 8.84. The Morgan fingerprint density at radius 3 is 1.89 bits per heavy atom. The molecule has 0 aliphatic carbocycles. The lowest BCUT2D eigenvalue weighted by atomic mass is 9.95. The molecule has 4 heteroatoms. The van der Waals surface area contributed by atoms with Crippen LogP contribution in [0.5, 0.6) is 0 Å². The largest absolute Gasteiger partial charge is 0.396 e. The molecular formula is C5H12O4. The van der Waals surface area contributed by atoms with Crippen LogP contribution < -0.4 is 0 Å². The number of aliphatic hydroxyl groups excluding tert-OH is 2. The van der Waals surface area contributed by atoms with Crippen LogP contribution in [0.2, 0.25) is 0 Å². The molecule has 0 aliphatic heterocycles. The fourth-order valence-electron chi connectivity index (χ4n) is 0.297. The van der Waals surface area contributed by atoms with Gasteiger partial charge in [0.2, 0.25) is 0 Å². The van der Waals surface area contributed by atoms with Gasteiger partial charge in [-0.1, -0.05) is 6.92 Å². The maximum atomic E-state index is 8.57. The summed E-state index contributed by atoms with van der Waals surface area (Å²) in [5.41, 5.74) is -0.727. The van der Waals surface area contributed by atoms with Crippen LogP contribution in [0.4, 0.5) is 0 Å². The molecule has 0 rings (SSSR count). The molecule has 0 atom stereocenters. The standard InChI is InChI=1S/C5H12O4/c1-5(2-6,3-7)4-9-8/h6-8H,2-4H2,1H3. The van der Waals surface area contributed by atoms with E-state index in [1.165, 1.54) is 0 Å². The van der Waals surface area contributed by atoms with E-state index in [4.69, 9.17) is 15.5 Å². The average molecular weight is 136 g/mol. The van der Waals surface area contributed by atoms with Crippen LogP contribution in [0.15, 0.2) is 0 Å². The number of hydrogen-bond donors (Lipinski definition) is 3. The third-order valence-electron chi connectivity index (χ3n) is 1.18. The van der Waals surface area contributed by atoms with Gasteiger partial charge in [0.05, 0.1) is 19.8 Å². The lowest BCUT2D eigenvalue weighted by molar-refractivity contribution is -0.266. The molecule has 0 aliphatic rings. The Hall–Kier alpha value is -0.160. The molecule has 0 amide bonds. The summed E-state index contributed by atoms with van der Waals surface area (Å²) in [7, 11) is 0. The van der Waals surface area contributed by atoms with E-state index in [2.05, 4.69) is 4.89 Å². The maximum Gasteiger partial charge on any atom is 0.0917 e. The van der Waals surface area contributed by atoms with Gasteiger partial charge in [-0.25, -0.2) is 4.89 Å². The average Bonchev–Trinajstić information content (AvgIpc) is 1.89. The molecule has 3 N–H and O–H groups in total. The van der Waals surface area contributed by atoms with Gasteiger partial charge in [0.15, 0.2) is 0 Å². The summed E-state index contributed by atoms with van der Waals surface area (Å²) in [6, 6.07) is 0. The highest BCUT2D eigenvalue weighted by Crippen LogP contribution is 2.12. The number of aliphatic hydroxyl groups is 2. The second-order valence-electron chi connectivity index (χ2n) is 2.40. The molecular weight excluding hydrogens is 124 g/mol.